The van der Waals surface area contributed by atoms with E-state index < -0.39 is 0 Å². The second kappa shape index (κ2) is 16.2. The Labute approximate surface area is 254 Å². The van der Waals surface area contributed by atoms with Crippen LogP contribution in [0.2, 0.25) is 0 Å². The predicted octanol–water partition coefficient (Wildman–Crippen LogP) is 6.18. The maximum absolute atomic E-state index is 6.17. The van der Waals surface area contributed by atoms with Crippen molar-refractivity contribution in [3.8, 4) is 0 Å². The highest BCUT2D eigenvalue weighted by atomic mass is 15.2. The number of nitrogens with zero attached hydrogens (tertiary/aromatic N) is 6. The first-order chi connectivity index (χ1) is 20.6. The molecule has 3 fully saturated rings. The third-order valence-corrected chi connectivity index (χ3v) is 10.0. The van der Waals surface area contributed by atoms with Gasteiger partial charge in [-0.05, 0) is 103 Å². The van der Waals surface area contributed by atoms with Gasteiger partial charge in [-0.2, -0.15) is 9.97 Å². The molecule has 1 aliphatic heterocycles. The van der Waals surface area contributed by atoms with Crippen molar-refractivity contribution in [3.63, 3.8) is 0 Å². The van der Waals surface area contributed by atoms with Crippen LogP contribution in [-0.4, -0.2) is 86.7 Å². The zero-order chi connectivity index (χ0) is 29.1. The molecule has 3 heterocycles. The van der Waals surface area contributed by atoms with Crippen molar-refractivity contribution in [2.75, 3.05) is 49.9 Å². The molecule has 5 rings (SSSR count). The lowest BCUT2D eigenvalue weighted by Gasteiger charge is -2.33. The maximum atomic E-state index is 6.17. The quantitative estimate of drug-likeness (QED) is 0.202. The van der Waals surface area contributed by atoms with Crippen LogP contribution in [0, 0.1) is 0 Å². The van der Waals surface area contributed by atoms with Crippen LogP contribution in [0.1, 0.15) is 123 Å². The Balaban J connectivity index is 1.15. The molecule has 42 heavy (non-hydrogen) atoms. The molecule has 4 N–H and O–H groups in total. The highest BCUT2D eigenvalue weighted by molar-refractivity contribution is 5.84. The number of anilines is 2. The summed E-state index contributed by atoms with van der Waals surface area (Å²) in [6.07, 6.45) is 21.5. The fourth-order valence-corrected chi connectivity index (χ4v) is 7.24. The van der Waals surface area contributed by atoms with Crippen molar-refractivity contribution < 1.29 is 0 Å². The second-order valence-corrected chi connectivity index (χ2v) is 13.4. The molecule has 3 aliphatic rings. The lowest BCUT2D eigenvalue weighted by molar-refractivity contribution is 0.205. The van der Waals surface area contributed by atoms with Crippen LogP contribution in [0.3, 0.4) is 0 Å². The average molecular weight is 582 g/mol. The molecule has 2 aromatic heterocycles. The molecule has 2 aliphatic carbocycles. The van der Waals surface area contributed by atoms with Crippen molar-refractivity contribution in [2.24, 2.45) is 5.73 Å². The number of nitrogens with two attached hydrogens (primary N) is 1. The van der Waals surface area contributed by atoms with Crippen molar-refractivity contribution in [3.05, 3.63) is 6.33 Å². The van der Waals surface area contributed by atoms with E-state index in [1.165, 1.54) is 90.4 Å². The molecule has 9 nitrogen and oxygen atoms in total. The van der Waals surface area contributed by atoms with Crippen LogP contribution in [0.25, 0.3) is 11.2 Å². The fraction of sp³-hybridized carbons (Fsp3) is 0.848. The van der Waals surface area contributed by atoms with Gasteiger partial charge in [0.2, 0.25) is 5.95 Å². The Morgan fingerprint density at radius 2 is 1.48 bits per heavy atom. The van der Waals surface area contributed by atoms with Gasteiger partial charge in [-0.1, -0.05) is 39.5 Å². The summed E-state index contributed by atoms with van der Waals surface area (Å²) in [7, 11) is 0. The number of imidazole rings is 1. The number of likely N-dealkylation sites (tertiary alicyclic amines) is 1. The van der Waals surface area contributed by atoms with Gasteiger partial charge in [-0.15, -0.1) is 0 Å². The van der Waals surface area contributed by atoms with Gasteiger partial charge in [0.15, 0.2) is 17.0 Å². The zero-order valence-corrected chi connectivity index (χ0v) is 26.7. The minimum Gasteiger partial charge on any atom is -0.365 e. The average Bonchev–Trinajstić information content (AvgIpc) is 3.69. The molecule has 0 amide bonds. The lowest BCUT2D eigenvalue weighted by atomic mass is 9.92. The van der Waals surface area contributed by atoms with E-state index in [0.717, 1.165) is 74.5 Å². The van der Waals surface area contributed by atoms with Crippen LogP contribution >= 0.6 is 0 Å². The van der Waals surface area contributed by atoms with Gasteiger partial charge in [0.05, 0.1) is 6.33 Å². The molecule has 0 radical (unpaired) electrons. The first-order valence-electron chi connectivity index (χ1n) is 17.6. The van der Waals surface area contributed by atoms with Gasteiger partial charge in [0.1, 0.15) is 0 Å². The molecule has 0 spiro atoms. The molecule has 1 saturated heterocycles. The molecular weight excluding hydrogens is 522 g/mol. The van der Waals surface area contributed by atoms with E-state index in [-0.39, 0.29) is 0 Å². The van der Waals surface area contributed by atoms with E-state index >= 15 is 0 Å². The standard InChI is InChI=1S/C33H59N9/c1-3-5-19-40(20-6-4-2)21-9-10-22-41-23-17-28(18-24-41)36-31-30-32(42(25-35-30)29-11-7-8-12-29)39-33(38-31)37-27-15-13-26(34)14-16-27/h25-29H,3-24,34H2,1-2H3,(H2,36,37,38,39). The van der Waals surface area contributed by atoms with Gasteiger partial charge in [0.25, 0.3) is 0 Å². The summed E-state index contributed by atoms with van der Waals surface area (Å²) in [5.74, 6) is 1.65. The monoisotopic (exact) mass is 581 g/mol. The molecular formula is C33H59N9. The molecule has 0 aromatic carbocycles. The van der Waals surface area contributed by atoms with E-state index in [2.05, 4.69) is 38.8 Å². The Hall–Kier alpha value is -1.97. The van der Waals surface area contributed by atoms with Crippen molar-refractivity contribution in [1.82, 2.24) is 29.3 Å². The summed E-state index contributed by atoms with van der Waals surface area (Å²) in [4.78, 5) is 20.3. The van der Waals surface area contributed by atoms with E-state index in [1.54, 1.807) is 0 Å². The van der Waals surface area contributed by atoms with Crippen LogP contribution < -0.4 is 16.4 Å². The molecule has 0 bridgehead atoms. The lowest BCUT2D eigenvalue weighted by Crippen LogP contribution is -2.40. The number of nitrogens with one attached hydrogen (secondary N) is 2. The summed E-state index contributed by atoms with van der Waals surface area (Å²) in [5.41, 5.74) is 8.08. The molecule has 9 heteroatoms. The molecule has 2 aromatic rings. The number of piperidine rings is 1. The Morgan fingerprint density at radius 1 is 0.810 bits per heavy atom. The predicted molar refractivity (Wildman–Crippen MR) is 175 cm³/mol. The van der Waals surface area contributed by atoms with Crippen molar-refractivity contribution >= 4 is 22.9 Å². The van der Waals surface area contributed by atoms with E-state index in [1.807, 2.05) is 6.33 Å². The van der Waals surface area contributed by atoms with E-state index in [4.69, 9.17) is 20.7 Å². The third-order valence-electron chi connectivity index (χ3n) is 10.0. The van der Waals surface area contributed by atoms with E-state index in [9.17, 15) is 0 Å². The number of hydrogen-bond acceptors (Lipinski definition) is 8. The third kappa shape index (κ3) is 8.79. The van der Waals surface area contributed by atoms with Crippen molar-refractivity contribution in [2.45, 2.75) is 141 Å². The summed E-state index contributed by atoms with van der Waals surface area (Å²) >= 11 is 0. The number of unbranched alkanes of at least 4 members (excludes halogenated alkanes) is 3. The van der Waals surface area contributed by atoms with Crippen molar-refractivity contribution in [1.29, 1.82) is 0 Å². The summed E-state index contributed by atoms with van der Waals surface area (Å²) in [5, 5.41) is 7.51. The van der Waals surface area contributed by atoms with Gasteiger partial charge in [-0.3, -0.25) is 0 Å². The number of rotatable bonds is 16. The fourth-order valence-electron chi connectivity index (χ4n) is 7.24. The van der Waals surface area contributed by atoms with Crippen LogP contribution in [-0.2, 0) is 0 Å². The highest BCUT2D eigenvalue weighted by Gasteiger charge is 2.26. The van der Waals surface area contributed by atoms with Crippen LogP contribution in [0.5, 0.6) is 0 Å². The second-order valence-electron chi connectivity index (χ2n) is 13.4. The first kappa shape index (κ1) is 31.5. The summed E-state index contributed by atoms with van der Waals surface area (Å²) in [6, 6.07) is 1.66. The highest BCUT2D eigenvalue weighted by Crippen LogP contribution is 2.34. The van der Waals surface area contributed by atoms with Gasteiger partial charge in [-0.25, -0.2) is 4.98 Å². The smallest absolute Gasteiger partial charge is 0.227 e. The number of fused-ring (bicyclic) bond motifs is 1. The SMILES string of the molecule is CCCCN(CCCC)CCCCN1CCC(Nc2nc(NC3CCC(N)CC3)nc3c2ncn3C2CCCC2)CC1. The van der Waals surface area contributed by atoms with Gasteiger partial charge in [0, 0.05) is 37.3 Å². The molecule has 236 valence electrons. The Kier molecular flexibility index (Phi) is 12.1. The Bertz CT molecular complexity index is 1040. The summed E-state index contributed by atoms with van der Waals surface area (Å²) in [6.45, 7) is 12.0. The number of aromatic nitrogens is 4. The topological polar surface area (TPSA) is 100 Å². The van der Waals surface area contributed by atoms with Gasteiger partial charge < -0.3 is 30.7 Å². The minimum absolute atomic E-state index is 0.338. The van der Waals surface area contributed by atoms with Gasteiger partial charge >= 0.3 is 0 Å². The maximum Gasteiger partial charge on any atom is 0.227 e. The number of hydrogen-bond donors (Lipinski definition) is 3. The van der Waals surface area contributed by atoms with Crippen LogP contribution in [0.4, 0.5) is 11.8 Å². The van der Waals surface area contributed by atoms with E-state index in [0.29, 0.717) is 24.2 Å². The Morgan fingerprint density at radius 3 is 2.17 bits per heavy atom. The van der Waals surface area contributed by atoms with Crippen LogP contribution in [0.15, 0.2) is 6.33 Å². The first-order valence-corrected chi connectivity index (χ1v) is 17.6. The minimum atomic E-state index is 0.338. The molecule has 2 saturated carbocycles. The zero-order valence-electron chi connectivity index (χ0n) is 26.7. The molecule has 0 atom stereocenters. The largest absolute Gasteiger partial charge is 0.365 e. The normalized spacial score (nSPS) is 22.9. The summed E-state index contributed by atoms with van der Waals surface area (Å²) < 4.78 is 2.32. The molecule has 0 unspecified atom stereocenters.